The standard InChI is InChI=1S/C22H25FN8O9P2S2.C20H22F2N10O9P2S2.C20H23FN10O9P2S2/c23-14-16-13(38-21(14)30-4-2-10-11(24)1-3-26-17(10)30)7-36-41(33,43)39-12-5-9(6-35-42(34,44)40-16)37-20(12)31-8-27-15-18(31)28-22(25)29-19(15)32;21-9-7-3-36-42(34,44)40-13-8(39-18(10(13)22)31-5-26-11-6(23)1-2-25-15(11)31)4-37-43(35,45)41-14(9)19(38-7)32-16-12(29-30-32)17(33)28-20(24)27-16;21-11-14-10(38-19(11)30-6-25-12-8(22)1-2-24-15(12)30)5-36-41(33,43)39-9-3-7(4-35-42(34,44)40-14)37-18(9)31-16-13(28-29-31)17(32)27-20(23)26-16/h1-4,8-9,12-14,16,20-21H,5-7H2,(H2,24,26)(H,33,43)(H,34,44)(H3,25,28,29,32);1-2,5,7-10,13-14,18-19H,3-4H2,(H2,23,25)(H,34,44)(H,35,45)(H3,24,27,28,33);1-2,6-7,9-11,14,18-19H,3-5H2,(H2,22,24)(H,33,43)(H,34,44)(H3,23,26,27,32)/t9-,12+,13+,14-,16+,20+,21+,41?,42?;7-,8-,9+,10+,13-,14-,18-,19-,42?,43?;7-,9+,10+,11-,14+,18+,19+,41?,42?/m010/s1. The fourth-order valence-corrected chi connectivity index (χ4v) is 24.6. The quantitative estimate of drug-likeness (QED) is 0.0639. The first-order chi connectivity index (χ1) is 63.1. The number of nitrogens with zero attached hydrogens (tertiary/aromatic N) is 19. The summed E-state index contributed by atoms with van der Waals surface area (Å²) in [5.41, 5.74) is 35.0. The molecule has 9 saturated heterocycles. The molecular formula is C62H70F4N28O27P6S6. The highest BCUT2D eigenvalue weighted by atomic mass is 32.7. The van der Waals surface area contributed by atoms with Crippen LogP contribution in [0.25, 0.3) is 66.9 Å². The maximum Gasteiger partial charge on any atom is 0.386 e. The zero-order chi connectivity index (χ0) is 93.8. The highest BCUT2D eigenvalue weighted by Crippen LogP contribution is 2.61. The van der Waals surface area contributed by atoms with Gasteiger partial charge in [0.2, 0.25) is 17.8 Å². The van der Waals surface area contributed by atoms with Gasteiger partial charge < -0.3 is 124 Å². The smallest absolute Gasteiger partial charge is 0.386 e. The van der Waals surface area contributed by atoms with Gasteiger partial charge in [0.05, 0.1) is 82.2 Å². The second-order valence-electron chi connectivity index (χ2n) is 30.4. The summed E-state index contributed by atoms with van der Waals surface area (Å²) in [4.78, 5) is 136. The molecule has 28 atom stereocenters. The molecule has 0 aliphatic carbocycles. The van der Waals surface area contributed by atoms with Gasteiger partial charge in [0.25, 0.3) is 16.7 Å². The summed E-state index contributed by atoms with van der Waals surface area (Å²) < 4.78 is 187. The summed E-state index contributed by atoms with van der Waals surface area (Å²) in [6, 6.07) is 6.32. The van der Waals surface area contributed by atoms with Gasteiger partial charge in [-0.05, 0) is 83.3 Å². The topological polar surface area (TPSA) is 736 Å². The molecule has 9 fully saturated rings. The summed E-state index contributed by atoms with van der Waals surface area (Å²) in [7, 11) is 0. The van der Waals surface area contributed by atoms with E-state index >= 15 is 17.6 Å². The number of H-pyrrole nitrogens is 3. The first-order valence-corrected chi connectivity index (χ1v) is 54.5. The van der Waals surface area contributed by atoms with E-state index in [-0.39, 0.29) is 99.9 Å². The second kappa shape index (κ2) is 36.2. The molecule has 71 heteroatoms. The van der Waals surface area contributed by atoms with Crippen molar-refractivity contribution in [1.29, 1.82) is 0 Å². The van der Waals surface area contributed by atoms with Crippen molar-refractivity contribution < 1.29 is 129 Å². The van der Waals surface area contributed by atoms with Crippen LogP contribution in [0.3, 0.4) is 0 Å². The molecule has 133 heavy (non-hydrogen) atoms. The maximum atomic E-state index is 16.0. The van der Waals surface area contributed by atoms with E-state index in [1.165, 1.54) is 61.9 Å². The van der Waals surface area contributed by atoms with Gasteiger partial charge in [-0.2, -0.15) is 24.3 Å². The third kappa shape index (κ3) is 18.8. The van der Waals surface area contributed by atoms with Crippen LogP contribution in [0.5, 0.6) is 0 Å². The Hall–Kier alpha value is -7.73. The number of nitrogens with one attached hydrogen (secondary N) is 3. The van der Waals surface area contributed by atoms with Gasteiger partial charge in [-0.1, -0.05) is 22.7 Å². The van der Waals surface area contributed by atoms with Crippen molar-refractivity contribution in [2.24, 2.45) is 0 Å². The molecule has 0 saturated carbocycles. The number of imidazole rings is 3. The Kier molecular flexibility index (Phi) is 25.7. The average Bonchev–Trinajstić information content (AvgIpc) is 1.60. The van der Waals surface area contributed by atoms with Gasteiger partial charge in [-0.25, -0.2) is 52.0 Å². The molecule has 0 amide bonds. The highest BCUT2D eigenvalue weighted by molar-refractivity contribution is 8.44. The van der Waals surface area contributed by atoms with Gasteiger partial charge >= 0.3 is 40.4 Å². The molecule has 9 aliphatic rings. The Morgan fingerprint density at radius 1 is 0.383 bits per heavy atom. The van der Waals surface area contributed by atoms with Crippen LogP contribution >= 0.6 is 52.6 Å². The molecule has 0 spiro atoms. The third-order valence-corrected chi connectivity index (χ3v) is 31.2. The van der Waals surface area contributed by atoms with Crippen LogP contribution in [0.2, 0.25) is 0 Å². The van der Waals surface area contributed by atoms with E-state index in [1.54, 1.807) is 24.4 Å². The number of pyridine rings is 3. The number of hydrogen-bond acceptors (Lipinski definition) is 46. The van der Waals surface area contributed by atoms with Gasteiger partial charge in [0.1, 0.15) is 77.7 Å². The number of aromatic amines is 3. The van der Waals surface area contributed by atoms with Crippen LogP contribution in [-0.4, -0.2) is 270 Å². The number of nitrogens with two attached hydrogens (primary N) is 6. The van der Waals surface area contributed by atoms with Crippen LogP contribution in [0.1, 0.15) is 50.2 Å². The van der Waals surface area contributed by atoms with Crippen molar-refractivity contribution in [1.82, 2.24) is 108 Å². The van der Waals surface area contributed by atoms with Crippen molar-refractivity contribution in [2.45, 2.75) is 148 Å². The molecule has 21 heterocycles. The fraction of sp³-hybridized carbons (Fsp3) is 0.484. The molecule has 12 aromatic heterocycles. The Morgan fingerprint density at radius 2 is 0.759 bits per heavy atom. The van der Waals surface area contributed by atoms with E-state index in [0.717, 1.165) is 9.36 Å². The highest BCUT2D eigenvalue weighted by Gasteiger charge is 2.58. The zero-order valence-electron chi connectivity index (χ0n) is 66.6. The van der Waals surface area contributed by atoms with Crippen molar-refractivity contribution in [3.05, 3.63) is 99.1 Å². The van der Waals surface area contributed by atoms with Crippen molar-refractivity contribution in [3.63, 3.8) is 0 Å². The molecule has 0 radical (unpaired) electrons. The number of ether oxygens (including phenoxy) is 6. The number of halogens is 4. The number of anilines is 6. The van der Waals surface area contributed by atoms with E-state index in [0.29, 0.717) is 27.9 Å². The molecule has 20 N–H and O–H groups in total. The Bertz CT molecular complexity index is 6790. The number of rotatable bonds is 6. The lowest BCUT2D eigenvalue weighted by atomic mass is 10.1. The van der Waals surface area contributed by atoms with Gasteiger partial charge in [0, 0.05) is 48.7 Å². The van der Waals surface area contributed by atoms with Crippen LogP contribution in [0, 0.1) is 0 Å². The van der Waals surface area contributed by atoms with Gasteiger partial charge in [-0.3, -0.25) is 65.7 Å². The fourth-order valence-electron chi connectivity index (χ4n) is 15.9. The van der Waals surface area contributed by atoms with E-state index in [4.69, 9.17) is 176 Å². The molecule has 714 valence electrons. The van der Waals surface area contributed by atoms with Gasteiger partial charge in [-0.15, -0.1) is 10.2 Å². The minimum absolute atomic E-state index is 0.0169. The minimum Gasteiger partial charge on any atom is -0.398 e. The van der Waals surface area contributed by atoms with Crippen LogP contribution in [0.15, 0.2) is 82.4 Å². The second-order valence-corrected chi connectivity index (χ2v) is 47.2. The summed E-state index contributed by atoms with van der Waals surface area (Å²) >= 11 is 30.1. The lowest BCUT2D eigenvalue weighted by molar-refractivity contribution is -0.0639. The van der Waals surface area contributed by atoms with E-state index in [1.807, 2.05) is 0 Å². The Balaban J connectivity index is 0.000000129. The molecular weight excluding hydrogens is 2020 g/mol. The summed E-state index contributed by atoms with van der Waals surface area (Å²) in [6.07, 6.45) is -21.5. The lowest BCUT2D eigenvalue weighted by Crippen LogP contribution is -2.34. The first kappa shape index (κ1) is 94.2. The van der Waals surface area contributed by atoms with Crippen molar-refractivity contribution >= 4 is 213 Å². The number of thiol groups is 1. The Morgan fingerprint density at radius 3 is 1.26 bits per heavy atom. The normalized spacial score (nSPS) is 36.9. The molecule has 6 unspecified atom stereocenters. The molecule has 9 aliphatic heterocycles. The summed E-state index contributed by atoms with van der Waals surface area (Å²) in [6.45, 7) is -28.3. The van der Waals surface area contributed by atoms with Gasteiger partial charge in [0.15, 0.2) is 107 Å². The average molecular weight is 2090 g/mol. The van der Waals surface area contributed by atoms with E-state index in [9.17, 15) is 43.4 Å². The zero-order valence-corrected chi connectivity index (χ0v) is 76.9. The lowest BCUT2D eigenvalue weighted by Gasteiger charge is -2.27. The van der Waals surface area contributed by atoms with Crippen molar-refractivity contribution in [3.8, 4) is 0 Å². The van der Waals surface area contributed by atoms with Crippen molar-refractivity contribution in [2.75, 3.05) is 74.0 Å². The van der Waals surface area contributed by atoms with Crippen LogP contribution < -0.4 is 51.1 Å². The Labute approximate surface area is 767 Å². The SMILES string of the molecule is Nc1nc2c(ncn2[C@@H]2O[C@@H]3COP(=O)(S)O[C@H]4[C@H](F)[C@H](n5ccc6c(N)ccnc65)O[C@@H]4COP(O)(=S)O[C@@H]2C3)c(=O)[nH]1.Nc1nc2c(nnn2[C@@H]2O[C@@H]3COP(O)(=S)O[C@H]4[C@H](F)[C@H](n5cnc6c(N)ccnc65)O[C@@H]4COP(O)(=S)O[C@@H]2C3)c(=O)[nH]1.Nc1nc2c(nnn2[C@@H]2O[C@@H]3COP(O)(=S)O[C@H]4[C@H](F)[C@H](n5cnc6c(N)ccnc65)O[C@@H]4COP(O)(=S)O[C@@H]2[C@H]3F)c(=O)[nH]1. The van der Waals surface area contributed by atoms with E-state index in [2.05, 4.69) is 92.7 Å². The maximum absolute atomic E-state index is 16.0. The molecule has 55 nitrogen and oxygen atoms in total. The summed E-state index contributed by atoms with van der Waals surface area (Å²) in [5, 5.41) is 15.9. The monoisotopic (exact) mass is 2090 g/mol. The van der Waals surface area contributed by atoms with Crippen LogP contribution in [0.4, 0.5) is 52.5 Å². The molecule has 12 aromatic rings. The number of fused-ring (bicyclic) bond motifs is 15. The number of hydrogen-bond donors (Lipinski definition) is 15. The molecule has 0 aromatic carbocycles. The molecule has 21 rings (SSSR count). The molecule has 6 bridgehead atoms. The van der Waals surface area contributed by atoms with Crippen LogP contribution in [-0.2, 0) is 146 Å². The number of nitrogen functional groups attached to an aromatic ring is 6. The predicted octanol–water partition coefficient (Wildman–Crippen LogP) is 1.67. The first-order valence-electron chi connectivity index (χ1n) is 38.8. The largest absolute Gasteiger partial charge is 0.398 e. The summed E-state index contributed by atoms with van der Waals surface area (Å²) in [5.74, 6) is -0.651. The third-order valence-electron chi connectivity index (χ3n) is 21.7. The predicted molar refractivity (Wildman–Crippen MR) is 468 cm³/mol. The minimum atomic E-state index is -4.37. The number of alkyl halides is 4. The van der Waals surface area contributed by atoms with E-state index < -0.39 is 219 Å². The number of aromatic nitrogens is 22.